The van der Waals surface area contributed by atoms with Crippen molar-refractivity contribution in [3.63, 3.8) is 0 Å². The van der Waals surface area contributed by atoms with Crippen molar-refractivity contribution >= 4 is 58.1 Å². The minimum absolute atomic E-state index is 0.0173. The van der Waals surface area contributed by atoms with Gasteiger partial charge < -0.3 is 9.64 Å². The molecule has 0 radical (unpaired) electrons. The van der Waals surface area contributed by atoms with Gasteiger partial charge in [0.15, 0.2) is 0 Å². The van der Waals surface area contributed by atoms with Crippen LogP contribution >= 0.6 is 22.9 Å². The zero-order valence-corrected chi connectivity index (χ0v) is 32.9. The lowest BCUT2D eigenvalue weighted by Gasteiger charge is -2.41. The van der Waals surface area contributed by atoms with Crippen LogP contribution in [0.5, 0.6) is 5.75 Å². The largest absolute Gasteiger partial charge is 0.490 e. The highest BCUT2D eigenvalue weighted by Crippen LogP contribution is 2.35. The van der Waals surface area contributed by atoms with Crippen LogP contribution in [0.25, 0.3) is 0 Å². The Hall–Kier alpha value is -4.81. The molecular weight excluding hydrogens is 811 g/mol. The summed E-state index contributed by atoms with van der Waals surface area (Å²) in [6.07, 6.45) is 6.55. The Bertz CT molecular complexity index is 2100. The van der Waals surface area contributed by atoms with Crippen molar-refractivity contribution in [1.29, 1.82) is 5.26 Å². The summed E-state index contributed by atoms with van der Waals surface area (Å²) in [6, 6.07) is 19.0. The Morgan fingerprint density at radius 2 is 1.55 bits per heavy atom. The van der Waals surface area contributed by atoms with E-state index >= 15 is 0 Å². The monoisotopic (exact) mass is 854 g/mol. The summed E-state index contributed by atoms with van der Waals surface area (Å²) in [4.78, 5) is 70.3. The van der Waals surface area contributed by atoms with E-state index in [1.807, 2.05) is 46.4 Å². The van der Waals surface area contributed by atoms with E-state index in [2.05, 4.69) is 56.2 Å². The number of hydrogen-bond acceptors (Lipinski definition) is 9. The van der Waals surface area contributed by atoms with E-state index in [1.165, 1.54) is 0 Å². The molecule has 3 aromatic carbocycles. The number of nitrogens with one attached hydrogen (secondary N) is 1. The number of aryl methyl sites for hydroxylation is 1. The lowest BCUT2D eigenvalue weighted by atomic mass is 9.92. The van der Waals surface area contributed by atoms with Gasteiger partial charge >= 0.3 is 0 Å². The number of piperidine rings is 2. The predicted octanol–water partition coefficient (Wildman–Crippen LogP) is 5.48. The van der Waals surface area contributed by atoms with Crippen molar-refractivity contribution < 1.29 is 28.7 Å². The Morgan fingerprint density at radius 1 is 0.855 bits per heavy atom. The van der Waals surface area contributed by atoms with Gasteiger partial charge in [-0.15, -0.1) is 0 Å². The number of carbonyl (C=O) groups is 5. The fourth-order valence-corrected chi connectivity index (χ4v) is 9.71. The third-order valence-corrected chi connectivity index (χ3v) is 13.3. The van der Waals surface area contributed by atoms with E-state index in [4.69, 9.17) is 4.74 Å². The Labute approximate surface area is 334 Å². The third-order valence-electron chi connectivity index (χ3n) is 12.0. The average Bonchev–Trinajstić information content (AvgIpc) is 3.44. The van der Waals surface area contributed by atoms with E-state index in [0.717, 1.165) is 97.6 Å². The number of hydrogen-bond donors (Lipinski definition) is 1. The van der Waals surface area contributed by atoms with Gasteiger partial charge in [-0.3, -0.25) is 42.2 Å². The van der Waals surface area contributed by atoms with Crippen LogP contribution in [0.2, 0.25) is 0 Å². The number of imide groups is 2. The fourth-order valence-electron chi connectivity index (χ4n) is 8.87. The molecule has 1 unspecified atom stereocenters. The van der Waals surface area contributed by atoms with E-state index < -0.39 is 23.8 Å². The summed E-state index contributed by atoms with van der Waals surface area (Å²) in [7, 11) is 0. The SMILES string of the molecule is Cc1cc(OC2CCC(N(I)C(=O)c3ccc(N4CCC(N5CCc6cc7c(cc6C5)C(=O)N(C5CCC(=O)NC5=O)C7=O)CC4)cc3)CC2)ccc1C#N. The van der Waals surface area contributed by atoms with Crippen LogP contribution in [0.3, 0.4) is 0 Å². The number of halogens is 1. The van der Waals surface area contributed by atoms with Crippen LogP contribution in [0.1, 0.15) is 105 Å². The number of nitrogens with zero attached hydrogens (tertiary/aromatic N) is 5. The number of benzene rings is 3. The molecule has 3 aromatic rings. The second-order valence-corrected chi connectivity index (χ2v) is 16.4. The minimum Gasteiger partial charge on any atom is -0.490 e. The number of rotatable bonds is 7. The van der Waals surface area contributed by atoms with Gasteiger partial charge in [-0.1, -0.05) is 0 Å². The quantitative estimate of drug-likeness (QED) is 0.186. The van der Waals surface area contributed by atoms with Gasteiger partial charge in [-0.2, -0.15) is 5.26 Å². The Balaban J connectivity index is 0.822. The summed E-state index contributed by atoms with van der Waals surface area (Å²) in [6.45, 7) is 5.27. The highest BCUT2D eigenvalue weighted by Gasteiger charge is 2.45. The second kappa shape index (κ2) is 15.4. The molecule has 55 heavy (non-hydrogen) atoms. The zero-order chi connectivity index (χ0) is 38.4. The molecule has 4 aliphatic heterocycles. The maximum atomic E-state index is 13.5. The van der Waals surface area contributed by atoms with Gasteiger partial charge in [0, 0.05) is 55.9 Å². The average molecular weight is 855 g/mol. The van der Waals surface area contributed by atoms with Crippen molar-refractivity contribution in [2.45, 2.75) is 95.5 Å². The highest BCUT2D eigenvalue weighted by atomic mass is 127. The molecule has 284 valence electrons. The van der Waals surface area contributed by atoms with Crippen LogP contribution in [0.4, 0.5) is 5.69 Å². The Kier molecular flexibility index (Phi) is 10.4. The lowest BCUT2D eigenvalue weighted by Crippen LogP contribution is -2.54. The molecule has 5 aliphatic rings. The van der Waals surface area contributed by atoms with Gasteiger partial charge in [0.05, 0.1) is 51.7 Å². The summed E-state index contributed by atoms with van der Waals surface area (Å²) < 4.78 is 8.07. The summed E-state index contributed by atoms with van der Waals surface area (Å²) >= 11 is 2.17. The number of anilines is 1. The molecule has 8 rings (SSSR count). The van der Waals surface area contributed by atoms with Gasteiger partial charge in [0.2, 0.25) is 11.8 Å². The first-order valence-corrected chi connectivity index (χ1v) is 20.2. The fraction of sp³-hybridized carbons (Fsp3) is 0.429. The number of fused-ring (bicyclic) bond motifs is 2. The van der Waals surface area contributed by atoms with Gasteiger partial charge in [0.25, 0.3) is 17.7 Å². The molecule has 0 aromatic heterocycles. The highest BCUT2D eigenvalue weighted by molar-refractivity contribution is 14.1. The van der Waals surface area contributed by atoms with Crippen molar-refractivity contribution in [1.82, 2.24) is 18.2 Å². The molecule has 2 saturated heterocycles. The smallest absolute Gasteiger partial charge is 0.262 e. The maximum Gasteiger partial charge on any atom is 0.262 e. The molecular formula is C42H43IN6O6. The second-order valence-electron chi connectivity index (χ2n) is 15.4. The molecule has 1 N–H and O–H groups in total. The number of carbonyl (C=O) groups excluding carboxylic acids is 5. The molecule has 0 bridgehead atoms. The first-order chi connectivity index (χ1) is 26.6. The molecule has 1 saturated carbocycles. The van der Waals surface area contributed by atoms with Crippen LogP contribution in [0, 0.1) is 18.3 Å². The molecule has 5 amide bonds. The van der Waals surface area contributed by atoms with Crippen molar-refractivity contribution in [3.8, 4) is 11.8 Å². The zero-order valence-electron chi connectivity index (χ0n) is 30.8. The number of amides is 5. The van der Waals surface area contributed by atoms with Crippen molar-refractivity contribution in [2.75, 3.05) is 24.5 Å². The first-order valence-electron chi connectivity index (χ1n) is 19.2. The van der Waals surface area contributed by atoms with E-state index in [0.29, 0.717) is 34.8 Å². The standard InChI is InChI=1S/C42H43IN6O6/c1-25-20-34(9-4-28(25)23-44)55-33-10-7-32(8-11-33)49(43)40(52)26-2-5-30(6-3-26)46-18-15-31(16-19-46)47-17-14-27-21-35-36(22-29(27)24-47)42(54)48(41(35)53)37-12-13-38(50)45-39(37)51/h2-6,9,20-22,31-33,37H,7-8,10-19,24H2,1H3,(H,45,50,51). The van der Waals surface area contributed by atoms with Crippen molar-refractivity contribution in [3.05, 3.63) is 93.5 Å². The van der Waals surface area contributed by atoms with Gasteiger partial charge in [-0.05, 0) is 130 Å². The molecule has 0 spiro atoms. The number of ether oxygens (including phenoxy) is 1. The normalized spacial score (nSPS) is 23.2. The third kappa shape index (κ3) is 7.34. The maximum absolute atomic E-state index is 13.5. The molecule has 1 aliphatic carbocycles. The summed E-state index contributed by atoms with van der Waals surface area (Å²) in [5.74, 6) is -1.11. The predicted molar refractivity (Wildman–Crippen MR) is 212 cm³/mol. The first kappa shape index (κ1) is 37.1. The summed E-state index contributed by atoms with van der Waals surface area (Å²) in [5.41, 5.74) is 6.14. The van der Waals surface area contributed by atoms with E-state index in [-0.39, 0.29) is 36.8 Å². The van der Waals surface area contributed by atoms with E-state index in [9.17, 15) is 29.2 Å². The molecule has 13 heteroatoms. The number of nitriles is 1. The van der Waals surface area contributed by atoms with Crippen molar-refractivity contribution in [2.24, 2.45) is 0 Å². The van der Waals surface area contributed by atoms with Gasteiger partial charge in [-0.25, -0.2) is 0 Å². The van der Waals surface area contributed by atoms with Gasteiger partial charge in [0.1, 0.15) is 11.8 Å². The van der Waals surface area contributed by atoms with Crippen LogP contribution in [0.15, 0.2) is 54.6 Å². The lowest BCUT2D eigenvalue weighted by molar-refractivity contribution is -0.136. The minimum atomic E-state index is -0.967. The topological polar surface area (TPSA) is 143 Å². The Morgan fingerprint density at radius 3 is 2.20 bits per heavy atom. The van der Waals surface area contributed by atoms with Crippen LogP contribution in [-0.4, -0.2) is 86.3 Å². The molecule has 1 atom stereocenters. The molecule has 12 nitrogen and oxygen atoms in total. The summed E-state index contributed by atoms with van der Waals surface area (Å²) in [5, 5.41) is 11.5. The van der Waals surface area contributed by atoms with Crippen LogP contribution in [-0.2, 0) is 22.6 Å². The molecule has 4 heterocycles. The molecule has 3 fully saturated rings. The van der Waals surface area contributed by atoms with E-state index in [1.54, 1.807) is 6.07 Å². The van der Waals surface area contributed by atoms with Crippen LogP contribution < -0.4 is 15.0 Å².